The van der Waals surface area contributed by atoms with E-state index in [1.807, 2.05) is 6.07 Å². The van der Waals surface area contributed by atoms with E-state index < -0.39 is 0 Å². The van der Waals surface area contributed by atoms with Gasteiger partial charge in [0.2, 0.25) is 5.91 Å². The van der Waals surface area contributed by atoms with Gasteiger partial charge in [0, 0.05) is 5.54 Å². The van der Waals surface area contributed by atoms with Gasteiger partial charge in [-0.05, 0) is 49.1 Å². The molecule has 2 N–H and O–H groups in total. The average Bonchev–Trinajstić information content (AvgIpc) is 2.99. The van der Waals surface area contributed by atoms with E-state index in [1.165, 1.54) is 12.1 Å². The number of halogens is 1. The van der Waals surface area contributed by atoms with Crippen molar-refractivity contribution in [1.29, 1.82) is 0 Å². The smallest absolute Gasteiger partial charge is 0.234 e. The third kappa shape index (κ3) is 3.20. The number of hydrogen-bond acceptors (Lipinski definition) is 3. The van der Waals surface area contributed by atoms with Crippen LogP contribution in [0.25, 0.3) is 0 Å². The molecule has 0 aliphatic heterocycles. The predicted octanol–water partition coefficient (Wildman–Crippen LogP) is 2.70. The van der Waals surface area contributed by atoms with Gasteiger partial charge in [0.25, 0.3) is 0 Å². The number of hydrogen-bond donors (Lipinski definition) is 2. The highest BCUT2D eigenvalue weighted by atomic mass is 19.1. The van der Waals surface area contributed by atoms with Crippen LogP contribution in [0.4, 0.5) is 4.39 Å². The first kappa shape index (κ1) is 14.8. The van der Waals surface area contributed by atoms with E-state index in [1.54, 1.807) is 24.5 Å². The molecule has 0 atom stereocenters. The standard InChI is InChI=1S/C17H19FN2O2/c18-14-6-4-13(5-7-14)17(8-2-9-17)20-12-16(21)19-11-15-3-1-10-22-15/h1,3-7,10,20H,2,8-9,11-12H2,(H,19,21). The van der Waals surface area contributed by atoms with Crippen LogP contribution in [0, 0.1) is 5.82 Å². The van der Waals surface area contributed by atoms with Crippen LogP contribution < -0.4 is 10.6 Å². The molecule has 1 aliphatic rings. The number of carbonyl (C=O) groups is 1. The Labute approximate surface area is 128 Å². The van der Waals surface area contributed by atoms with Crippen molar-refractivity contribution in [2.75, 3.05) is 6.54 Å². The SMILES string of the molecule is O=C(CNC1(c2ccc(F)cc2)CCC1)NCc1ccco1. The lowest BCUT2D eigenvalue weighted by molar-refractivity contribution is -0.121. The molecule has 1 amide bonds. The number of benzene rings is 1. The molecule has 1 aliphatic carbocycles. The Bertz CT molecular complexity index is 619. The van der Waals surface area contributed by atoms with E-state index in [9.17, 15) is 9.18 Å². The lowest BCUT2D eigenvalue weighted by atomic mass is 9.72. The van der Waals surface area contributed by atoms with Gasteiger partial charge < -0.3 is 9.73 Å². The first-order chi connectivity index (χ1) is 10.7. The largest absolute Gasteiger partial charge is 0.467 e. The lowest BCUT2D eigenvalue weighted by Gasteiger charge is -2.43. The van der Waals surface area contributed by atoms with Gasteiger partial charge in [-0.15, -0.1) is 0 Å². The van der Waals surface area contributed by atoms with Gasteiger partial charge >= 0.3 is 0 Å². The third-order valence-electron chi connectivity index (χ3n) is 4.23. The van der Waals surface area contributed by atoms with Gasteiger partial charge in [0.05, 0.1) is 19.4 Å². The number of rotatable bonds is 6. The zero-order chi connectivity index (χ0) is 15.4. The van der Waals surface area contributed by atoms with Crippen molar-refractivity contribution in [3.05, 3.63) is 59.8 Å². The Morgan fingerprint density at radius 1 is 1.23 bits per heavy atom. The molecule has 1 aromatic carbocycles. The summed E-state index contributed by atoms with van der Waals surface area (Å²) in [5, 5.41) is 6.14. The predicted molar refractivity (Wildman–Crippen MR) is 80.5 cm³/mol. The summed E-state index contributed by atoms with van der Waals surface area (Å²) >= 11 is 0. The van der Waals surface area contributed by atoms with Crippen molar-refractivity contribution in [2.45, 2.75) is 31.3 Å². The van der Waals surface area contributed by atoms with Gasteiger partial charge in [-0.2, -0.15) is 0 Å². The molecular formula is C17H19FN2O2. The fraction of sp³-hybridized carbons (Fsp3) is 0.353. The quantitative estimate of drug-likeness (QED) is 0.862. The van der Waals surface area contributed by atoms with E-state index in [4.69, 9.17) is 4.42 Å². The Morgan fingerprint density at radius 3 is 2.59 bits per heavy atom. The number of amides is 1. The minimum atomic E-state index is -0.241. The van der Waals surface area contributed by atoms with Crippen molar-refractivity contribution >= 4 is 5.91 Å². The van der Waals surface area contributed by atoms with Crippen LogP contribution in [0.1, 0.15) is 30.6 Å². The fourth-order valence-electron chi connectivity index (χ4n) is 2.78. The van der Waals surface area contributed by atoms with E-state index in [0.29, 0.717) is 6.54 Å². The highest BCUT2D eigenvalue weighted by Gasteiger charge is 2.38. The monoisotopic (exact) mass is 302 g/mol. The summed E-state index contributed by atoms with van der Waals surface area (Å²) in [7, 11) is 0. The fourth-order valence-corrected chi connectivity index (χ4v) is 2.78. The van der Waals surface area contributed by atoms with E-state index in [0.717, 1.165) is 30.6 Å². The van der Waals surface area contributed by atoms with Crippen molar-refractivity contribution in [2.24, 2.45) is 0 Å². The Kier molecular flexibility index (Phi) is 4.24. The van der Waals surface area contributed by atoms with Crippen LogP contribution in [0.2, 0.25) is 0 Å². The Hall–Kier alpha value is -2.14. The van der Waals surface area contributed by atoms with Crippen LogP contribution in [-0.2, 0) is 16.9 Å². The van der Waals surface area contributed by atoms with Gasteiger partial charge in [-0.25, -0.2) is 4.39 Å². The molecule has 3 rings (SSSR count). The minimum Gasteiger partial charge on any atom is -0.467 e. The van der Waals surface area contributed by atoms with Crippen LogP contribution in [0.3, 0.4) is 0 Å². The maximum Gasteiger partial charge on any atom is 0.234 e. The molecule has 22 heavy (non-hydrogen) atoms. The molecule has 4 nitrogen and oxygen atoms in total. The molecule has 0 bridgehead atoms. The molecule has 1 fully saturated rings. The zero-order valence-electron chi connectivity index (χ0n) is 12.3. The molecule has 116 valence electrons. The summed E-state index contributed by atoms with van der Waals surface area (Å²) in [6.45, 7) is 0.620. The Morgan fingerprint density at radius 2 is 2.00 bits per heavy atom. The van der Waals surface area contributed by atoms with Gasteiger partial charge in [-0.3, -0.25) is 10.1 Å². The molecule has 1 saturated carbocycles. The summed E-state index contributed by atoms with van der Waals surface area (Å²) in [5.74, 6) is 0.407. The average molecular weight is 302 g/mol. The maximum absolute atomic E-state index is 13.1. The molecule has 1 heterocycles. The summed E-state index contributed by atoms with van der Waals surface area (Å²) in [4.78, 5) is 11.9. The molecule has 0 saturated heterocycles. The van der Waals surface area contributed by atoms with Gasteiger partial charge in [0.1, 0.15) is 11.6 Å². The first-order valence-corrected chi connectivity index (χ1v) is 7.48. The van der Waals surface area contributed by atoms with Crippen LogP contribution in [0.15, 0.2) is 47.1 Å². The summed E-state index contributed by atoms with van der Waals surface area (Å²) < 4.78 is 18.2. The molecule has 0 radical (unpaired) electrons. The van der Waals surface area contributed by atoms with Gasteiger partial charge in [-0.1, -0.05) is 12.1 Å². The second kappa shape index (κ2) is 6.32. The topological polar surface area (TPSA) is 54.3 Å². The highest BCUT2D eigenvalue weighted by molar-refractivity contribution is 5.78. The van der Waals surface area contributed by atoms with Crippen LogP contribution >= 0.6 is 0 Å². The van der Waals surface area contributed by atoms with E-state index in [-0.39, 0.29) is 23.8 Å². The second-order valence-electron chi connectivity index (χ2n) is 5.65. The number of nitrogens with one attached hydrogen (secondary N) is 2. The molecule has 5 heteroatoms. The molecular weight excluding hydrogens is 283 g/mol. The summed E-state index contributed by atoms with van der Waals surface area (Å²) in [5.41, 5.74) is 0.842. The van der Waals surface area contributed by atoms with Crippen LogP contribution in [0.5, 0.6) is 0 Å². The van der Waals surface area contributed by atoms with Gasteiger partial charge in [0.15, 0.2) is 0 Å². The molecule has 0 spiro atoms. The summed E-state index contributed by atoms with van der Waals surface area (Å²) in [6, 6.07) is 10.1. The van der Waals surface area contributed by atoms with E-state index in [2.05, 4.69) is 10.6 Å². The van der Waals surface area contributed by atoms with Crippen molar-refractivity contribution in [1.82, 2.24) is 10.6 Å². The van der Waals surface area contributed by atoms with Crippen molar-refractivity contribution in [3.63, 3.8) is 0 Å². The van der Waals surface area contributed by atoms with Crippen LogP contribution in [-0.4, -0.2) is 12.5 Å². The maximum atomic E-state index is 13.1. The van der Waals surface area contributed by atoms with E-state index >= 15 is 0 Å². The van der Waals surface area contributed by atoms with Crippen molar-refractivity contribution in [3.8, 4) is 0 Å². The normalized spacial score (nSPS) is 16.0. The van der Waals surface area contributed by atoms with Crippen molar-refractivity contribution < 1.29 is 13.6 Å². The molecule has 1 aromatic heterocycles. The molecule has 2 aromatic rings. The highest BCUT2D eigenvalue weighted by Crippen LogP contribution is 2.41. The Balaban J connectivity index is 1.54. The minimum absolute atomic E-state index is 0.0789. The third-order valence-corrected chi connectivity index (χ3v) is 4.23. The zero-order valence-corrected chi connectivity index (χ0v) is 12.3. The summed E-state index contributed by atoms with van der Waals surface area (Å²) in [6.07, 6.45) is 4.62. The number of carbonyl (C=O) groups excluding carboxylic acids is 1. The number of furan rings is 1. The molecule has 0 unspecified atom stereocenters. The first-order valence-electron chi connectivity index (χ1n) is 7.48. The second-order valence-corrected chi connectivity index (χ2v) is 5.65. The lowest BCUT2D eigenvalue weighted by Crippen LogP contribution is -2.51.